The van der Waals surface area contributed by atoms with Gasteiger partial charge in [-0.1, -0.05) is 0 Å². The summed E-state index contributed by atoms with van der Waals surface area (Å²) in [5.41, 5.74) is 0. The number of hydrogen-bond donors (Lipinski definition) is 4. The van der Waals surface area contributed by atoms with Crippen LogP contribution in [0.4, 0.5) is 0 Å². The highest BCUT2D eigenvalue weighted by molar-refractivity contribution is 8.20. The third-order valence-electron chi connectivity index (χ3n) is 2.12. The van der Waals surface area contributed by atoms with Gasteiger partial charge in [-0.05, 0) is 6.92 Å². The molecule has 4 atom stereocenters. The summed E-state index contributed by atoms with van der Waals surface area (Å²) in [5.74, 6) is 1.90. The Hall–Kier alpha value is 0.540. The van der Waals surface area contributed by atoms with Gasteiger partial charge in [0, 0.05) is 11.5 Å². The van der Waals surface area contributed by atoms with Crippen LogP contribution in [0.2, 0.25) is 0 Å². The Morgan fingerprint density at radius 1 is 1.00 bits per heavy atom. The molecule has 0 aromatic rings. The molecule has 0 spiro atoms. The molecule has 1 fully saturated rings. The van der Waals surface area contributed by atoms with Crippen molar-refractivity contribution in [1.29, 1.82) is 0 Å². The van der Waals surface area contributed by atoms with Gasteiger partial charge in [-0.25, -0.2) is 0 Å². The number of rotatable bonds is 4. The van der Waals surface area contributed by atoms with Crippen LogP contribution in [-0.4, -0.2) is 60.9 Å². The first kappa shape index (κ1) is 12.6. The van der Waals surface area contributed by atoms with Gasteiger partial charge in [-0.15, -0.1) is 23.5 Å². The van der Waals surface area contributed by atoms with Gasteiger partial charge in [0.2, 0.25) is 0 Å². The van der Waals surface area contributed by atoms with Gasteiger partial charge in [0.25, 0.3) is 0 Å². The Morgan fingerprint density at radius 3 is 1.93 bits per heavy atom. The zero-order valence-corrected chi connectivity index (χ0v) is 9.54. The topological polar surface area (TPSA) is 80.9 Å². The molecule has 1 rings (SSSR count). The molecule has 0 bridgehead atoms. The average Bonchev–Trinajstić information content (AvgIpc) is 2.67. The first-order valence-electron chi connectivity index (χ1n) is 4.49. The summed E-state index contributed by atoms with van der Waals surface area (Å²) >= 11 is 3.14. The monoisotopic (exact) mass is 240 g/mol. The van der Waals surface area contributed by atoms with Gasteiger partial charge in [0.05, 0.1) is 10.7 Å². The van der Waals surface area contributed by atoms with Crippen LogP contribution < -0.4 is 0 Å². The molecule has 4 nitrogen and oxygen atoms in total. The second-order valence-corrected chi connectivity index (χ2v) is 6.12. The Kier molecular flexibility index (Phi) is 5.02. The normalized spacial score (nSPS) is 27.2. The predicted molar refractivity (Wildman–Crippen MR) is 58.4 cm³/mol. The van der Waals surface area contributed by atoms with Crippen molar-refractivity contribution in [3.8, 4) is 0 Å². The molecule has 0 saturated carbocycles. The molecule has 0 amide bonds. The van der Waals surface area contributed by atoms with Crippen LogP contribution in [0, 0.1) is 0 Å². The zero-order chi connectivity index (χ0) is 10.7. The molecular formula is C8H16O4S2. The van der Waals surface area contributed by atoms with E-state index in [1.54, 1.807) is 23.5 Å². The van der Waals surface area contributed by atoms with E-state index in [0.717, 1.165) is 11.5 Å². The molecule has 0 radical (unpaired) electrons. The van der Waals surface area contributed by atoms with Crippen LogP contribution in [0.25, 0.3) is 0 Å². The first-order valence-corrected chi connectivity index (χ1v) is 6.59. The van der Waals surface area contributed by atoms with Gasteiger partial charge in [-0.2, -0.15) is 0 Å². The average molecular weight is 240 g/mol. The molecular weight excluding hydrogens is 224 g/mol. The third kappa shape index (κ3) is 3.01. The van der Waals surface area contributed by atoms with E-state index in [1.807, 2.05) is 0 Å². The van der Waals surface area contributed by atoms with Crippen molar-refractivity contribution in [2.24, 2.45) is 0 Å². The van der Waals surface area contributed by atoms with Crippen molar-refractivity contribution < 1.29 is 20.4 Å². The molecule has 84 valence electrons. The minimum atomic E-state index is -1.29. The van der Waals surface area contributed by atoms with Crippen molar-refractivity contribution in [2.75, 3.05) is 11.5 Å². The van der Waals surface area contributed by atoms with Gasteiger partial charge < -0.3 is 20.4 Å². The minimum Gasteiger partial charge on any atom is -0.391 e. The fourth-order valence-corrected chi connectivity index (χ4v) is 4.14. The smallest absolute Gasteiger partial charge is 0.110 e. The molecule has 1 saturated heterocycles. The van der Waals surface area contributed by atoms with E-state index in [1.165, 1.54) is 6.92 Å². The van der Waals surface area contributed by atoms with Crippen LogP contribution in [0.1, 0.15) is 6.92 Å². The number of hydrogen-bond acceptors (Lipinski definition) is 6. The highest BCUT2D eigenvalue weighted by Crippen LogP contribution is 2.35. The quantitative estimate of drug-likeness (QED) is 0.518. The second kappa shape index (κ2) is 5.58. The first-order chi connectivity index (χ1) is 6.54. The van der Waals surface area contributed by atoms with Crippen LogP contribution in [0.5, 0.6) is 0 Å². The van der Waals surface area contributed by atoms with E-state index < -0.39 is 24.4 Å². The fraction of sp³-hybridized carbons (Fsp3) is 1.00. The van der Waals surface area contributed by atoms with Crippen molar-refractivity contribution in [2.45, 2.75) is 35.9 Å². The number of aliphatic hydroxyl groups excluding tert-OH is 4. The maximum absolute atomic E-state index is 9.67. The van der Waals surface area contributed by atoms with Gasteiger partial charge in [-0.3, -0.25) is 0 Å². The van der Waals surface area contributed by atoms with Crippen molar-refractivity contribution in [1.82, 2.24) is 0 Å². The van der Waals surface area contributed by atoms with Crippen molar-refractivity contribution in [3.63, 3.8) is 0 Å². The van der Waals surface area contributed by atoms with E-state index in [2.05, 4.69) is 0 Å². The lowest BCUT2D eigenvalue weighted by Gasteiger charge is -2.27. The van der Waals surface area contributed by atoms with E-state index in [9.17, 15) is 15.3 Å². The Labute approximate surface area is 91.7 Å². The zero-order valence-electron chi connectivity index (χ0n) is 7.91. The summed E-state index contributed by atoms with van der Waals surface area (Å²) in [6.07, 6.45) is -4.59. The summed E-state index contributed by atoms with van der Waals surface area (Å²) in [7, 11) is 0. The predicted octanol–water partition coefficient (Wildman–Crippen LogP) is -0.744. The molecule has 0 aliphatic carbocycles. The number of aliphatic hydroxyl groups is 4. The lowest BCUT2D eigenvalue weighted by atomic mass is 10.1. The lowest BCUT2D eigenvalue weighted by Crippen LogP contribution is -2.46. The standard InChI is InChI=1S/C8H16O4S2/c1-4(9)5(10)6(11)7(12)8-13-2-3-14-8/h4-12H,2-3H2,1H3/t4-,5-,6+,7+/m0/s1. The van der Waals surface area contributed by atoms with E-state index in [0.29, 0.717) is 0 Å². The molecule has 0 unspecified atom stereocenters. The molecule has 1 aliphatic rings. The molecule has 0 aromatic heterocycles. The molecule has 1 heterocycles. The van der Waals surface area contributed by atoms with Crippen LogP contribution in [-0.2, 0) is 0 Å². The maximum Gasteiger partial charge on any atom is 0.110 e. The fourth-order valence-electron chi connectivity index (χ4n) is 1.22. The van der Waals surface area contributed by atoms with E-state index >= 15 is 0 Å². The van der Waals surface area contributed by atoms with Gasteiger partial charge in [0.15, 0.2) is 0 Å². The van der Waals surface area contributed by atoms with Crippen LogP contribution in [0.3, 0.4) is 0 Å². The highest BCUT2D eigenvalue weighted by atomic mass is 32.2. The maximum atomic E-state index is 9.67. The minimum absolute atomic E-state index is 0.0987. The van der Waals surface area contributed by atoms with E-state index in [4.69, 9.17) is 5.11 Å². The summed E-state index contributed by atoms with van der Waals surface area (Å²) in [5, 5.41) is 37.6. The third-order valence-corrected chi connectivity index (χ3v) is 5.29. The number of thioether (sulfide) groups is 2. The molecule has 1 aliphatic heterocycles. The van der Waals surface area contributed by atoms with Gasteiger partial charge >= 0.3 is 0 Å². The molecule has 0 aromatic carbocycles. The van der Waals surface area contributed by atoms with Crippen LogP contribution >= 0.6 is 23.5 Å². The van der Waals surface area contributed by atoms with Crippen LogP contribution in [0.15, 0.2) is 0 Å². The second-order valence-electron chi connectivity index (χ2n) is 3.32. The highest BCUT2D eigenvalue weighted by Gasteiger charge is 2.35. The Morgan fingerprint density at radius 2 is 1.50 bits per heavy atom. The van der Waals surface area contributed by atoms with Crippen molar-refractivity contribution >= 4 is 23.5 Å². The molecule has 14 heavy (non-hydrogen) atoms. The van der Waals surface area contributed by atoms with Gasteiger partial charge in [0.1, 0.15) is 18.3 Å². The lowest BCUT2D eigenvalue weighted by molar-refractivity contribution is -0.0951. The molecule has 6 heteroatoms. The van der Waals surface area contributed by atoms with E-state index in [-0.39, 0.29) is 4.58 Å². The Bertz CT molecular complexity index is 167. The summed E-state index contributed by atoms with van der Waals surface area (Å²) in [4.78, 5) is 0. The summed E-state index contributed by atoms with van der Waals surface area (Å²) in [6.45, 7) is 1.38. The Balaban J connectivity index is 2.45. The van der Waals surface area contributed by atoms with Crippen molar-refractivity contribution in [3.05, 3.63) is 0 Å². The summed E-state index contributed by atoms with van der Waals surface area (Å²) in [6, 6.07) is 0. The SMILES string of the molecule is C[C@H](O)[C@H](O)[C@@H](O)[C@@H](O)C1SCCS1. The molecule has 4 N–H and O–H groups in total. The largest absolute Gasteiger partial charge is 0.391 e. The summed E-state index contributed by atoms with van der Waals surface area (Å²) < 4.78 is -0.0987.